The normalized spacial score (nSPS) is 17.4. The molecule has 0 bridgehead atoms. The van der Waals surface area contributed by atoms with E-state index in [4.69, 9.17) is 0 Å². The van der Waals surface area contributed by atoms with Crippen molar-refractivity contribution >= 4 is 11.6 Å². The quantitative estimate of drug-likeness (QED) is 0.608. The molecule has 0 radical (unpaired) electrons. The molecule has 17 heavy (non-hydrogen) atoms. The summed E-state index contributed by atoms with van der Waals surface area (Å²) >= 11 is 0. The van der Waals surface area contributed by atoms with Crippen LogP contribution in [0.3, 0.4) is 0 Å². The lowest BCUT2D eigenvalue weighted by molar-refractivity contribution is -0.120. The van der Waals surface area contributed by atoms with Gasteiger partial charge in [0.1, 0.15) is 5.75 Å². The van der Waals surface area contributed by atoms with Gasteiger partial charge in [-0.1, -0.05) is 37.8 Å². The van der Waals surface area contributed by atoms with Crippen molar-refractivity contribution in [2.24, 2.45) is 5.92 Å². The molecule has 2 N–H and O–H groups in total. The van der Waals surface area contributed by atoms with Gasteiger partial charge in [-0.2, -0.15) is 0 Å². The predicted octanol–water partition coefficient (Wildman–Crippen LogP) is 3.30. The maximum atomic E-state index is 12.1. The van der Waals surface area contributed by atoms with Crippen LogP contribution in [-0.4, -0.2) is 11.0 Å². The highest BCUT2D eigenvalue weighted by Gasteiger charge is 2.20. The number of phenolic OH excluding ortho intramolecular Hbond substituents is 1. The molecule has 0 aromatic heterocycles. The van der Waals surface area contributed by atoms with Crippen molar-refractivity contribution in [2.75, 3.05) is 5.32 Å². The van der Waals surface area contributed by atoms with E-state index >= 15 is 0 Å². The van der Waals surface area contributed by atoms with Crippen LogP contribution < -0.4 is 5.32 Å². The zero-order valence-electron chi connectivity index (χ0n) is 9.98. The zero-order valence-corrected chi connectivity index (χ0v) is 9.98. The molecule has 1 aromatic carbocycles. The molecule has 92 valence electrons. The highest BCUT2D eigenvalue weighted by Crippen LogP contribution is 2.26. The number of nitrogens with one attached hydrogen (secondary N) is 1. The van der Waals surface area contributed by atoms with Gasteiger partial charge in [-0.3, -0.25) is 4.79 Å². The molecule has 0 spiro atoms. The third-order valence-corrected chi connectivity index (χ3v) is 3.39. The first-order valence-corrected chi connectivity index (χ1v) is 6.36. The zero-order chi connectivity index (χ0) is 12.1. The number of phenols is 1. The van der Waals surface area contributed by atoms with Gasteiger partial charge in [-0.25, -0.2) is 0 Å². The number of para-hydroxylation sites is 2. The van der Waals surface area contributed by atoms with E-state index < -0.39 is 0 Å². The monoisotopic (exact) mass is 233 g/mol. The lowest BCUT2D eigenvalue weighted by Gasteiger charge is -2.14. The van der Waals surface area contributed by atoms with E-state index in [0.29, 0.717) is 5.69 Å². The number of benzene rings is 1. The molecule has 1 saturated carbocycles. The van der Waals surface area contributed by atoms with Crippen LogP contribution in [0.25, 0.3) is 0 Å². The maximum absolute atomic E-state index is 12.1. The van der Waals surface area contributed by atoms with Gasteiger partial charge in [0.15, 0.2) is 0 Å². The molecule has 0 aliphatic heterocycles. The lowest BCUT2D eigenvalue weighted by atomic mass is 9.99. The molecule has 1 fully saturated rings. The van der Waals surface area contributed by atoms with Gasteiger partial charge in [0, 0.05) is 5.92 Å². The Morgan fingerprint density at radius 1 is 1.12 bits per heavy atom. The Kier molecular flexibility index (Phi) is 4.02. The van der Waals surface area contributed by atoms with Gasteiger partial charge >= 0.3 is 0 Å². The first-order chi connectivity index (χ1) is 8.27. The number of amides is 1. The Morgan fingerprint density at radius 3 is 2.41 bits per heavy atom. The molecule has 0 unspecified atom stereocenters. The van der Waals surface area contributed by atoms with Gasteiger partial charge in [-0.15, -0.1) is 0 Å². The Labute approximate surface area is 102 Å². The van der Waals surface area contributed by atoms with E-state index in [2.05, 4.69) is 5.32 Å². The van der Waals surface area contributed by atoms with Crippen molar-refractivity contribution in [3.63, 3.8) is 0 Å². The number of rotatable bonds is 2. The van der Waals surface area contributed by atoms with Crippen molar-refractivity contribution in [3.8, 4) is 5.75 Å². The highest BCUT2D eigenvalue weighted by atomic mass is 16.3. The topological polar surface area (TPSA) is 49.3 Å². The maximum Gasteiger partial charge on any atom is 0.227 e. The van der Waals surface area contributed by atoms with Crippen LogP contribution >= 0.6 is 0 Å². The van der Waals surface area contributed by atoms with Crippen LogP contribution in [0.2, 0.25) is 0 Å². The summed E-state index contributed by atoms with van der Waals surface area (Å²) in [6, 6.07) is 6.87. The second kappa shape index (κ2) is 5.71. The van der Waals surface area contributed by atoms with E-state index in [-0.39, 0.29) is 17.6 Å². The van der Waals surface area contributed by atoms with Gasteiger partial charge in [0.05, 0.1) is 5.69 Å². The molecular weight excluding hydrogens is 214 g/mol. The fourth-order valence-corrected chi connectivity index (χ4v) is 2.36. The number of carbonyl (C=O) groups excluding carboxylic acids is 1. The number of hydrogen-bond acceptors (Lipinski definition) is 2. The number of carbonyl (C=O) groups is 1. The van der Waals surface area contributed by atoms with Gasteiger partial charge < -0.3 is 10.4 Å². The van der Waals surface area contributed by atoms with Gasteiger partial charge in [-0.05, 0) is 25.0 Å². The molecule has 1 aliphatic rings. The molecular formula is C14H19NO2. The van der Waals surface area contributed by atoms with Crippen molar-refractivity contribution in [3.05, 3.63) is 24.3 Å². The summed E-state index contributed by atoms with van der Waals surface area (Å²) < 4.78 is 0. The predicted molar refractivity (Wildman–Crippen MR) is 67.9 cm³/mol. The first-order valence-electron chi connectivity index (χ1n) is 6.36. The van der Waals surface area contributed by atoms with E-state index in [1.54, 1.807) is 18.2 Å². The summed E-state index contributed by atoms with van der Waals surface area (Å²) in [6.45, 7) is 0. The Hall–Kier alpha value is -1.51. The van der Waals surface area contributed by atoms with Crippen molar-refractivity contribution in [2.45, 2.75) is 38.5 Å². The molecule has 3 nitrogen and oxygen atoms in total. The Morgan fingerprint density at radius 2 is 1.76 bits per heavy atom. The van der Waals surface area contributed by atoms with E-state index in [0.717, 1.165) is 25.7 Å². The summed E-state index contributed by atoms with van der Waals surface area (Å²) in [5.41, 5.74) is 0.516. The SMILES string of the molecule is O=C(Nc1ccccc1O)C1CCCCCC1. The fourth-order valence-electron chi connectivity index (χ4n) is 2.36. The Balaban J connectivity index is 1.98. The average Bonchev–Trinajstić information content (AvgIpc) is 2.61. The highest BCUT2D eigenvalue weighted by molar-refractivity contribution is 5.93. The fraction of sp³-hybridized carbons (Fsp3) is 0.500. The molecule has 0 heterocycles. The molecule has 0 saturated heterocycles. The summed E-state index contributed by atoms with van der Waals surface area (Å²) in [4.78, 5) is 12.1. The van der Waals surface area contributed by atoms with Crippen LogP contribution in [0.5, 0.6) is 5.75 Å². The average molecular weight is 233 g/mol. The molecule has 2 rings (SSSR count). The van der Waals surface area contributed by atoms with Crippen molar-refractivity contribution in [1.82, 2.24) is 0 Å². The smallest absolute Gasteiger partial charge is 0.227 e. The standard InChI is InChI=1S/C14H19NO2/c16-13-10-6-5-9-12(13)15-14(17)11-7-3-1-2-4-8-11/h5-6,9-11,16H,1-4,7-8H2,(H,15,17). The second-order valence-electron chi connectivity index (χ2n) is 4.69. The van der Waals surface area contributed by atoms with Gasteiger partial charge in [0.2, 0.25) is 5.91 Å². The van der Waals surface area contributed by atoms with E-state index in [9.17, 15) is 9.90 Å². The van der Waals surface area contributed by atoms with Crippen LogP contribution in [0, 0.1) is 5.92 Å². The first kappa shape index (κ1) is 12.0. The third-order valence-electron chi connectivity index (χ3n) is 3.39. The lowest BCUT2D eigenvalue weighted by Crippen LogP contribution is -2.22. The Bertz CT molecular complexity index is 382. The van der Waals surface area contributed by atoms with Crippen LogP contribution in [0.4, 0.5) is 5.69 Å². The van der Waals surface area contributed by atoms with E-state index in [1.165, 1.54) is 12.8 Å². The molecule has 1 aliphatic carbocycles. The second-order valence-corrected chi connectivity index (χ2v) is 4.69. The van der Waals surface area contributed by atoms with Crippen LogP contribution in [-0.2, 0) is 4.79 Å². The summed E-state index contributed by atoms with van der Waals surface area (Å²) in [5, 5.41) is 12.4. The minimum atomic E-state index is 0.0494. The molecule has 1 amide bonds. The minimum Gasteiger partial charge on any atom is -0.506 e. The minimum absolute atomic E-state index is 0.0494. The molecule has 1 aromatic rings. The number of hydrogen-bond donors (Lipinski definition) is 2. The van der Waals surface area contributed by atoms with Crippen molar-refractivity contribution in [1.29, 1.82) is 0 Å². The summed E-state index contributed by atoms with van der Waals surface area (Å²) in [6.07, 6.45) is 6.69. The van der Waals surface area contributed by atoms with Crippen LogP contribution in [0.1, 0.15) is 38.5 Å². The van der Waals surface area contributed by atoms with Crippen molar-refractivity contribution < 1.29 is 9.90 Å². The molecule has 0 atom stereocenters. The van der Waals surface area contributed by atoms with E-state index in [1.807, 2.05) is 6.07 Å². The molecule has 3 heteroatoms. The van der Waals surface area contributed by atoms with Gasteiger partial charge in [0.25, 0.3) is 0 Å². The largest absolute Gasteiger partial charge is 0.506 e. The van der Waals surface area contributed by atoms with Crippen LogP contribution in [0.15, 0.2) is 24.3 Å². The third kappa shape index (κ3) is 3.22. The summed E-state index contributed by atoms with van der Waals surface area (Å²) in [5.74, 6) is 0.292. The summed E-state index contributed by atoms with van der Waals surface area (Å²) in [7, 11) is 0. The number of anilines is 1. The number of aromatic hydroxyl groups is 1.